The molecule has 27 heavy (non-hydrogen) atoms. The second-order valence-electron chi connectivity index (χ2n) is 6.09. The lowest BCUT2D eigenvalue weighted by Crippen LogP contribution is -2.35. The summed E-state index contributed by atoms with van der Waals surface area (Å²) in [6.45, 7) is 0.245. The number of amides is 1. The number of rotatable bonds is 8. The van der Waals surface area contributed by atoms with Crippen molar-refractivity contribution < 1.29 is 17.6 Å². The molecular weight excluding hydrogens is 369 g/mol. The van der Waals surface area contributed by atoms with Crippen LogP contribution in [0.4, 0.5) is 4.39 Å². The first-order valence-electron chi connectivity index (χ1n) is 8.51. The number of carbonyl (C=O) groups is 1. The normalized spacial score (nSPS) is 11.6. The Kier molecular flexibility index (Phi) is 5.88. The van der Waals surface area contributed by atoms with E-state index in [1.54, 1.807) is 0 Å². The number of H-pyrrole nitrogens is 1. The summed E-state index contributed by atoms with van der Waals surface area (Å²) in [5.74, 6) is -1.11. The molecule has 1 aromatic heterocycles. The summed E-state index contributed by atoms with van der Waals surface area (Å²) in [5.41, 5.74) is 2.33. The average molecular weight is 389 g/mol. The van der Waals surface area contributed by atoms with E-state index in [1.165, 1.54) is 24.3 Å². The predicted octanol–water partition coefficient (Wildman–Crippen LogP) is 2.20. The zero-order valence-electron chi connectivity index (χ0n) is 14.5. The Hall–Kier alpha value is -2.71. The molecule has 0 spiro atoms. The number of benzene rings is 2. The van der Waals surface area contributed by atoms with E-state index in [-0.39, 0.29) is 24.4 Å². The fraction of sp³-hybridized carbons (Fsp3) is 0.211. The summed E-state index contributed by atoms with van der Waals surface area (Å²) in [4.78, 5) is 15.0. The van der Waals surface area contributed by atoms with Gasteiger partial charge in [-0.25, -0.2) is 17.5 Å². The maximum atomic E-state index is 12.8. The van der Waals surface area contributed by atoms with Crippen LogP contribution in [-0.2, 0) is 16.4 Å². The SMILES string of the molecule is O=C(NCCS(=O)(=O)NCCc1c[nH]c2ccccc12)c1ccc(F)cc1. The first-order valence-corrected chi connectivity index (χ1v) is 10.2. The van der Waals surface area contributed by atoms with Crippen LogP contribution in [0.15, 0.2) is 54.7 Å². The Morgan fingerprint density at radius 2 is 1.78 bits per heavy atom. The molecule has 0 aliphatic carbocycles. The predicted molar refractivity (Wildman–Crippen MR) is 103 cm³/mol. The maximum Gasteiger partial charge on any atom is 0.251 e. The van der Waals surface area contributed by atoms with Gasteiger partial charge in [0.25, 0.3) is 5.91 Å². The number of carbonyl (C=O) groups excluding carboxylic acids is 1. The molecule has 8 heteroatoms. The van der Waals surface area contributed by atoms with Crippen molar-refractivity contribution in [3.63, 3.8) is 0 Å². The average Bonchev–Trinajstić information content (AvgIpc) is 3.05. The molecule has 1 amide bonds. The smallest absolute Gasteiger partial charge is 0.251 e. The monoisotopic (exact) mass is 389 g/mol. The number of nitrogens with one attached hydrogen (secondary N) is 3. The second kappa shape index (κ2) is 8.32. The van der Waals surface area contributed by atoms with Gasteiger partial charge in [0.05, 0.1) is 5.75 Å². The standard InChI is InChI=1S/C19H20FN3O3S/c20-16-7-5-14(6-8-16)19(24)21-11-12-27(25,26)23-10-9-15-13-22-18-4-2-1-3-17(15)18/h1-8,13,22-23H,9-12H2,(H,21,24). The molecule has 0 radical (unpaired) electrons. The van der Waals surface area contributed by atoms with E-state index in [0.717, 1.165) is 16.5 Å². The minimum Gasteiger partial charge on any atom is -0.361 e. The molecule has 3 rings (SSSR count). The zero-order chi connectivity index (χ0) is 19.3. The molecule has 0 aliphatic heterocycles. The van der Waals surface area contributed by atoms with Crippen LogP contribution >= 0.6 is 0 Å². The fourth-order valence-corrected chi connectivity index (χ4v) is 3.68. The van der Waals surface area contributed by atoms with Crippen molar-refractivity contribution >= 4 is 26.8 Å². The summed E-state index contributed by atoms with van der Waals surface area (Å²) in [5, 5.41) is 3.59. The molecule has 0 fully saturated rings. The van der Waals surface area contributed by atoms with Gasteiger partial charge in [0.1, 0.15) is 5.82 Å². The van der Waals surface area contributed by atoms with Crippen molar-refractivity contribution in [2.75, 3.05) is 18.8 Å². The molecular formula is C19H20FN3O3S. The van der Waals surface area contributed by atoms with Gasteiger partial charge in [-0.15, -0.1) is 0 Å². The molecule has 0 unspecified atom stereocenters. The van der Waals surface area contributed by atoms with Gasteiger partial charge in [0, 0.05) is 35.8 Å². The van der Waals surface area contributed by atoms with Crippen molar-refractivity contribution in [3.05, 3.63) is 71.7 Å². The van der Waals surface area contributed by atoms with E-state index < -0.39 is 21.7 Å². The van der Waals surface area contributed by atoms with Gasteiger partial charge >= 0.3 is 0 Å². The lowest BCUT2D eigenvalue weighted by Gasteiger charge is -2.08. The minimum atomic E-state index is -3.51. The number of aromatic amines is 1. The van der Waals surface area contributed by atoms with Crippen molar-refractivity contribution in [2.45, 2.75) is 6.42 Å². The van der Waals surface area contributed by atoms with E-state index in [9.17, 15) is 17.6 Å². The molecule has 0 saturated heterocycles. The van der Waals surface area contributed by atoms with Gasteiger partial charge in [0.2, 0.25) is 10.0 Å². The van der Waals surface area contributed by atoms with Crippen LogP contribution in [0.25, 0.3) is 10.9 Å². The molecule has 0 bridgehead atoms. The van der Waals surface area contributed by atoms with E-state index in [2.05, 4.69) is 15.0 Å². The van der Waals surface area contributed by atoms with Crippen molar-refractivity contribution in [3.8, 4) is 0 Å². The highest BCUT2D eigenvalue weighted by molar-refractivity contribution is 7.89. The summed E-state index contributed by atoms with van der Waals surface area (Å²) in [6.07, 6.45) is 2.44. The van der Waals surface area contributed by atoms with Crippen molar-refractivity contribution in [2.24, 2.45) is 0 Å². The second-order valence-corrected chi connectivity index (χ2v) is 8.01. The quantitative estimate of drug-likeness (QED) is 0.552. The fourth-order valence-electron chi connectivity index (χ4n) is 2.75. The molecule has 142 valence electrons. The Morgan fingerprint density at radius 3 is 2.56 bits per heavy atom. The molecule has 3 N–H and O–H groups in total. The number of para-hydroxylation sites is 1. The summed E-state index contributed by atoms with van der Waals surface area (Å²) >= 11 is 0. The molecule has 0 saturated carbocycles. The first kappa shape index (κ1) is 19.1. The third-order valence-electron chi connectivity index (χ3n) is 4.15. The highest BCUT2D eigenvalue weighted by Crippen LogP contribution is 2.17. The van der Waals surface area contributed by atoms with Crippen molar-refractivity contribution in [1.29, 1.82) is 0 Å². The Bertz CT molecular complexity index is 1030. The lowest BCUT2D eigenvalue weighted by molar-refractivity contribution is 0.0956. The molecule has 2 aromatic carbocycles. The highest BCUT2D eigenvalue weighted by Gasteiger charge is 2.12. The van der Waals surface area contributed by atoms with Crippen LogP contribution in [0.3, 0.4) is 0 Å². The molecule has 0 atom stereocenters. The molecule has 1 heterocycles. The third kappa shape index (κ3) is 5.15. The van der Waals surface area contributed by atoms with E-state index in [1.807, 2.05) is 30.5 Å². The van der Waals surface area contributed by atoms with E-state index in [0.29, 0.717) is 6.42 Å². The zero-order valence-corrected chi connectivity index (χ0v) is 15.4. The van der Waals surface area contributed by atoms with Crippen LogP contribution in [-0.4, -0.2) is 38.2 Å². The van der Waals surface area contributed by atoms with Crippen LogP contribution < -0.4 is 10.0 Å². The van der Waals surface area contributed by atoms with Crippen LogP contribution in [0.5, 0.6) is 0 Å². The Labute approximate surface area is 156 Å². The van der Waals surface area contributed by atoms with Gasteiger partial charge in [-0.2, -0.15) is 0 Å². The van der Waals surface area contributed by atoms with E-state index in [4.69, 9.17) is 0 Å². The molecule has 6 nitrogen and oxygen atoms in total. The number of hydrogen-bond donors (Lipinski definition) is 3. The Balaban J connectivity index is 1.44. The van der Waals surface area contributed by atoms with Crippen LogP contribution in [0, 0.1) is 5.82 Å². The van der Waals surface area contributed by atoms with Gasteiger partial charge in [0.15, 0.2) is 0 Å². The maximum absolute atomic E-state index is 12.8. The third-order valence-corrected chi connectivity index (χ3v) is 5.54. The number of halogens is 1. The topological polar surface area (TPSA) is 91.1 Å². The lowest BCUT2D eigenvalue weighted by atomic mass is 10.1. The number of aromatic nitrogens is 1. The minimum absolute atomic E-state index is 0.0291. The summed E-state index contributed by atoms with van der Waals surface area (Å²) < 4.78 is 39.5. The van der Waals surface area contributed by atoms with E-state index >= 15 is 0 Å². The largest absolute Gasteiger partial charge is 0.361 e. The van der Waals surface area contributed by atoms with Gasteiger partial charge in [-0.3, -0.25) is 4.79 Å². The van der Waals surface area contributed by atoms with Gasteiger partial charge in [-0.05, 0) is 42.3 Å². The summed E-state index contributed by atoms with van der Waals surface area (Å²) in [7, 11) is -3.51. The molecule has 3 aromatic rings. The molecule has 0 aliphatic rings. The van der Waals surface area contributed by atoms with Crippen LogP contribution in [0.1, 0.15) is 15.9 Å². The van der Waals surface area contributed by atoms with Crippen molar-refractivity contribution in [1.82, 2.24) is 15.0 Å². The van der Waals surface area contributed by atoms with Gasteiger partial charge < -0.3 is 10.3 Å². The Morgan fingerprint density at radius 1 is 1.04 bits per heavy atom. The highest BCUT2D eigenvalue weighted by atomic mass is 32.2. The number of hydrogen-bond acceptors (Lipinski definition) is 3. The van der Waals surface area contributed by atoms with Gasteiger partial charge in [-0.1, -0.05) is 18.2 Å². The van der Waals surface area contributed by atoms with Crippen LogP contribution in [0.2, 0.25) is 0 Å². The number of fused-ring (bicyclic) bond motifs is 1. The first-order chi connectivity index (χ1) is 12.9. The summed E-state index contributed by atoms with van der Waals surface area (Å²) in [6, 6.07) is 12.9. The number of sulfonamides is 1.